The van der Waals surface area contributed by atoms with Gasteiger partial charge in [-0.3, -0.25) is 14.7 Å². The number of halogens is 1. The van der Waals surface area contributed by atoms with Gasteiger partial charge in [-0.25, -0.2) is 9.37 Å². The topological polar surface area (TPSA) is 83.1 Å². The number of aryl methyl sites for hydroxylation is 1. The molecule has 7 nitrogen and oxygen atoms in total. The van der Waals surface area contributed by atoms with Gasteiger partial charge in [-0.1, -0.05) is 12.1 Å². The Morgan fingerprint density at radius 3 is 2.94 bits per heavy atom. The second-order valence-electron chi connectivity index (χ2n) is 10.6. The highest BCUT2D eigenvalue weighted by Crippen LogP contribution is 2.39. The molecule has 0 spiro atoms. The zero-order valence-electron chi connectivity index (χ0n) is 20.6. The van der Waals surface area contributed by atoms with Crippen molar-refractivity contribution in [1.82, 2.24) is 25.2 Å². The molecule has 2 aromatic heterocycles. The van der Waals surface area contributed by atoms with Crippen LogP contribution in [0, 0.1) is 5.92 Å². The predicted octanol–water partition coefficient (Wildman–Crippen LogP) is 3.69. The monoisotopic (exact) mass is 491 g/mol. The van der Waals surface area contributed by atoms with Crippen molar-refractivity contribution in [2.24, 2.45) is 5.92 Å². The van der Waals surface area contributed by atoms with Crippen molar-refractivity contribution in [2.75, 3.05) is 26.3 Å². The lowest BCUT2D eigenvalue weighted by Crippen LogP contribution is -2.43. The summed E-state index contributed by atoms with van der Waals surface area (Å²) in [4.78, 5) is 27.9. The van der Waals surface area contributed by atoms with Crippen molar-refractivity contribution in [3.63, 3.8) is 0 Å². The number of hydrogen-bond donors (Lipinski definition) is 2. The van der Waals surface area contributed by atoms with E-state index in [9.17, 15) is 9.18 Å². The third-order valence-electron chi connectivity index (χ3n) is 8.38. The molecule has 1 aliphatic carbocycles. The summed E-state index contributed by atoms with van der Waals surface area (Å²) >= 11 is 0. The van der Waals surface area contributed by atoms with Gasteiger partial charge in [0.25, 0.3) is 0 Å². The van der Waals surface area contributed by atoms with Crippen molar-refractivity contribution in [3.8, 4) is 0 Å². The fourth-order valence-electron chi connectivity index (χ4n) is 6.53. The number of aromatic amines is 1. The van der Waals surface area contributed by atoms with E-state index in [0.717, 1.165) is 63.9 Å². The number of ether oxygens (including phenoxy) is 1. The van der Waals surface area contributed by atoms with Crippen LogP contribution in [0.5, 0.6) is 0 Å². The Kier molecular flexibility index (Phi) is 6.71. The Morgan fingerprint density at radius 2 is 2.08 bits per heavy atom. The molecule has 2 N–H and O–H groups in total. The number of imidazole rings is 1. The van der Waals surface area contributed by atoms with Crippen LogP contribution >= 0.6 is 0 Å². The zero-order chi connectivity index (χ0) is 24.5. The molecule has 4 heterocycles. The molecule has 1 aromatic carbocycles. The minimum absolute atomic E-state index is 0.0341. The van der Waals surface area contributed by atoms with Gasteiger partial charge in [-0.15, -0.1) is 0 Å². The maximum Gasteiger partial charge on any atom is 0.227 e. The number of H-pyrrole nitrogens is 1. The van der Waals surface area contributed by atoms with E-state index in [0.29, 0.717) is 34.8 Å². The van der Waals surface area contributed by atoms with Crippen molar-refractivity contribution in [3.05, 3.63) is 59.2 Å². The first-order valence-corrected chi connectivity index (χ1v) is 13.2. The van der Waals surface area contributed by atoms with Crippen LogP contribution in [0.3, 0.4) is 0 Å². The summed E-state index contributed by atoms with van der Waals surface area (Å²) < 4.78 is 18.9. The highest BCUT2D eigenvalue weighted by Gasteiger charge is 2.39. The standard InChI is InChI=1S/C28H34FN5O2/c29-14-20-2-1-3-24-28(20)33-26(31-24)13-27(35)32-25-17-34(22-7-10-36-11-8-22)16-21(25)12-19-5-4-18-6-9-30-15-23(18)19/h1-3,6,9,15,19,21-22,25H,4-5,7-8,10-14,16-17H2,(H,31,33)(H,32,35)/t19?,21-,25?/m0/s1. The minimum atomic E-state index is -0.570. The number of carbonyl (C=O) groups excluding carboxylic acids is 1. The Hall–Kier alpha value is -2.84. The van der Waals surface area contributed by atoms with Crippen LogP contribution in [0.15, 0.2) is 36.7 Å². The van der Waals surface area contributed by atoms with Crippen molar-refractivity contribution >= 4 is 16.9 Å². The molecule has 0 bridgehead atoms. The maximum atomic E-state index is 13.3. The molecule has 0 radical (unpaired) electrons. The largest absolute Gasteiger partial charge is 0.381 e. The molecule has 8 heteroatoms. The lowest BCUT2D eigenvalue weighted by Gasteiger charge is -2.31. The molecule has 0 saturated carbocycles. The van der Waals surface area contributed by atoms with Crippen LogP contribution in [0.4, 0.5) is 4.39 Å². The Balaban J connectivity index is 1.16. The summed E-state index contributed by atoms with van der Waals surface area (Å²) in [5, 5.41) is 3.36. The normalized spacial score (nSPS) is 24.9. The highest BCUT2D eigenvalue weighted by molar-refractivity contribution is 5.82. The number of benzene rings is 1. The van der Waals surface area contributed by atoms with E-state index in [4.69, 9.17) is 4.74 Å². The molecule has 2 fully saturated rings. The molecule has 2 saturated heterocycles. The molecule has 2 aliphatic heterocycles. The number of rotatable bonds is 7. The summed E-state index contributed by atoms with van der Waals surface area (Å²) in [6, 6.07) is 8.19. The van der Waals surface area contributed by atoms with E-state index >= 15 is 0 Å². The number of hydrogen-bond acceptors (Lipinski definition) is 5. The predicted molar refractivity (Wildman–Crippen MR) is 135 cm³/mol. The maximum absolute atomic E-state index is 13.3. The van der Waals surface area contributed by atoms with Crippen LogP contribution in [0.25, 0.3) is 11.0 Å². The molecular weight excluding hydrogens is 457 g/mol. The average molecular weight is 492 g/mol. The number of carbonyl (C=O) groups is 1. The molecule has 190 valence electrons. The van der Waals surface area contributed by atoms with E-state index in [1.165, 1.54) is 11.1 Å². The minimum Gasteiger partial charge on any atom is -0.381 e. The molecule has 2 unspecified atom stereocenters. The van der Waals surface area contributed by atoms with E-state index in [2.05, 4.69) is 31.2 Å². The van der Waals surface area contributed by atoms with E-state index in [1.54, 1.807) is 6.07 Å². The Bertz CT molecular complexity index is 1220. The van der Waals surface area contributed by atoms with Gasteiger partial charge in [0, 0.05) is 56.3 Å². The second-order valence-corrected chi connectivity index (χ2v) is 10.6. The summed E-state index contributed by atoms with van der Waals surface area (Å²) in [7, 11) is 0. The first kappa shape index (κ1) is 23.6. The van der Waals surface area contributed by atoms with Gasteiger partial charge >= 0.3 is 0 Å². The average Bonchev–Trinajstić information content (AvgIpc) is 3.62. The lowest BCUT2D eigenvalue weighted by molar-refractivity contribution is -0.121. The van der Waals surface area contributed by atoms with E-state index in [1.807, 2.05) is 24.5 Å². The van der Waals surface area contributed by atoms with Crippen LogP contribution in [0.2, 0.25) is 0 Å². The summed E-state index contributed by atoms with van der Waals surface area (Å²) in [5.41, 5.74) is 4.74. The van der Waals surface area contributed by atoms with Gasteiger partial charge in [0.15, 0.2) is 0 Å². The number of amides is 1. The summed E-state index contributed by atoms with van der Waals surface area (Å²) in [5.74, 6) is 1.44. The molecule has 3 aliphatic rings. The van der Waals surface area contributed by atoms with E-state index in [-0.39, 0.29) is 18.4 Å². The Morgan fingerprint density at radius 1 is 1.19 bits per heavy atom. The van der Waals surface area contributed by atoms with Gasteiger partial charge in [-0.05, 0) is 67.2 Å². The first-order chi connectivity index (χ1) is 17.7. The number of pyridine rings is 1. The van der Waals surface area contributed by atoms with Crippen LogP contribution in [-0.4, -0.2) is 64.1 Å². The van der Waals surface area contributed by atoms with Gasteiger partial charge in [0.2, 0.25) is 5.91 Å². The number of alkyl halides is 1. The van der Waals surface area contributed by atoms with Gasteiger partial charge in [0.1, 0.15) is 12.5 Å². The molecule has 36 heavy (non-hydrogen) atoms. The third-order valence-corrected chi connectivity index (χ3v) is 8.38. The number of nitrogens with zero attached hydrogens (tertiary/aromatic N) is 3. The van der Waals surface area contributed by atoms with Gasteiger partial charge < -0.3 is 15.0 Å². The van der Waals surface area contributed by atoms with Crippen molar-refractivity contribution in [1.29, 1.82) is 0 Å². The molecule has 6 rings (SSSR count). The number of para-hydroxylation sites is 1. The first-order valence-electron chi connectivity index (χ1n) is 13.2. The zero-order valence-corrected chi connectivity index (χ0v) is 20.6. The summed E-state index contributed by atoms with van der Waals surface area (Å²) in [6.45, 7) is 2.94. The number of likely N-dealkylation sites (tertiary alicyclic amines) is 1. The fraction of sp³-hybridized carbons (Fsp3) is 0.536. The quantitative estimate of drug-likeness (QED) is 0.527. The number of nitrogens with one attached hydrogen (secondary N) is 2. The highest BCUT2D eigenvalue weighted by atomic mass is 19.1. The third kappa shape index (κ3) is 4.76. The summed E-state index contributed by atoms with van der Waals surface area (Å²) in [6.07, 6.45) is 9.54. The van der Waals surface area contributed by atoms with Crippen LogP contribution < -0.4 is 5.32 Å². The van der Waals surface area contributed by atoms with Crippen LogP contribution in [0.1, 0.15) is 54.1 Å². The van der Waals surface area contributed by atoms with Crippen molar-refractivity contribution < 1.29 is 13.9 Å². The SMILES string of the molecule is O=C(Cc1nc2c(CF)cccc2[nH]1)NC1CN(C2CCOCC2)C[C@@H]1CC1CCc2ccncc21. The molecule has 1 amide bonds. The smallest absolute Gasteiger partial charge is 0.227 e. The number of fused-ring (bicyclic) bond motifs is 2. The van der Waals surface area contributed by atoms with Crippen molar-refractivity contribution in [2.45, 2.75) is 63.2 Å². The van der Waals surface area contributed by atoms with Crippen LogP contribution in [-0.2, 0) is 29.0 Å². The second kappa shape index (κ2) is 10.3. The van der Waals surface area contributed by atoms with Gasteiger partial charge in [-0.2, -0.15) is 0 Å². The molecule has 3 atom stereocenters. The lowest BCUT2D eigenvalue weighted by atomic mass is 9.88. The fourth-order valence-corrected chi connectivity index (χ4v) is 6.53. The van der Waals surface area contributed by atoms with E-state index < -0.39 is 6.67 Å². The van der Waals surface area contributed by atoms with Gasteiger partial charge in [0.05, 0.1) is 17.5 Å². The molecular formula is C28H34FN5O2. The Labute approximate surface area is 210 Å². The number of aromatic nitrogens is 3. The molecule has 3 aromatic rings.